The van der Waals surface area contributed by atoms with Crippen molar-refractivity contribution in [1.82, 2.24) is 19.5 Å². The van der Waals surface area contributed by atoms with Gasteiger partial charge in [-0.2, -0.15) is 0 Å². The molecule has 0 radical (unpaired) electrons. The summed E-state index contributed by atoms with van der Waals surface area (Å²) in [6, 6.07) is 6.73. The van der Waals surface area contributed by atoms with E-state index in [9.17, 15) is 0 Å². The highest BCUT2D eigenvalue weighted by Crippen LogP contribution is 2.38. The van der Waals surface area contributed by atoms with Gasteiger partial charge in [0.1, 0.15) is 5.01 Å². The molecule has 0 fully saturated rings. The summed E-state index contributed by atoms with van der Waals surface area (Å²) in [6.07, 6.45) is 5.17. The van der Waals surface area contributed by atoms with Crippen LogP contribution in [0, 0.1) is 13.8 Å². The minimum absolute atomic E-state index is 0.348. The predicted molar refractivity (Wildman–Crippen MR) is 156 cm³/mol. The number of pyridine rings is 2. The summed E-state index contributed by atoms with van der Waals surface area (Å²) in [7, 11) is 0. The van der Waals surface area contributed by atoms with Crippen molar-refractivity contribution in [1.29, 1.82) is 0 Å². The van der Waals surface area contributed by atoms with Gasteiger partial charge in [-0.3, -0.25) is 4.98 Å². The summed E-state index contributed by atoms with van der Waals surface area (Å²) in [4.78, 5) is 14.6. The smallest absolute Gasteiger partial charge is 0.112 e. The molecule has 0 bridgehead atoms. The van der Waals surface area contributed by atoms with Crippen molar-refractivity contribution in [2.45, 2.75) is 100 Å². The van der Waals surface area contributed by atoms with Crippen LogP contribution < -0.4 is 5.32 Å². The summed E-state index contributed by atoms with van der Waals surface area (Å²) in [5.74, 6) is 0.376. The lowest BCUT2D eigenvalue weighted by molar-refractivity contribution is 0.596. The molecule has 1 unspecified atom stereocenters. The lowest BCUT2D eigenvalue weighted by atomic mass is 9.97. The second-order valence-corrected chi connectivity index (χ2v) is 10.8. The number of aromatic nitrogens is 4. The topological polar surface area (TPSA) is 55.6 Å². The molecular formula is C30H43N5S. The minimum Gasteiger partial charge on any atom is -0.377 e. The third-order valence-corrected chi connectivity index (χ3v) is 7.42. The normalized spacial score (nSPS) is 12.1. The first-order valence-corrected chi connectivity index (χ1v) is 14.3. The van der Waals surface area contributed by atoms with Crippen molar-refractivity contribution >= 4 is 28.1 Å². The van der Waals surface area contributed by atoms with Crippen LogP contribution in [0.5, 0.6) is 0 Å². The molecule has 6 heteroatoms. The van der Waals surface area contributed by atoms with Crippen LogP contribution in [0.1, 0.15) is 101 Å². The molecule has 4 aromatic heterocycles. The maximum atomic E-state index is 5.24. The summed E-state index contributed by atoms with van der Waals surface area (Å²) in [5.41, 5.74) is 10.3. The fraction of sp³-hybridized carbons (Fsp3) is 0.500. The lowest BCUT2D eigenvalue weighted by Crippen LogP contribution is -2.08. The molecule has 0 aliphatic rings. The Balaban J connectivity index is 0.00000115. The van der Waals surface area contributed by atoms with Crippen LogP contribution in [-0.2, 0) is 13.0 Å². The Morgan fingerprint density at radius 2 is 1.78 bits per heavy atom. The molecule has 0 saturated carbocycles. The zero-order chi connectivity index (χ0) is 26.4. The summed E-state index contributed by atoms with van der Waals surface area (Å²) < 4.78 is 2.45. The van der Waals surface area contributed by atoms with E-state index in [0.717, 1.165) is 51.7 Å². The molecule has 194 valence electrons. The third-order valence-electron chi connectivity index (χ3n) is 6.45. The van der Waals surface area contributed by atoms with Crippen LogP contribution in [-0.4, -0.2) is 19.5 Å². The van der Waals surface area contributed by atoms with Crippen molar-refractivity contribution in [3.8, 4) is 11.3 Å². The Hall–Kier alpha value is -2.73. The Morgan fingerprint density at radius 3 is 2.36 bits per heavy atom. The first-order chi connectivity index (χ1) is 17.3. The van der Waals surface area contributed by atoms with E-state index in [1.54, 1.807) is 11.3 Å². The second-order valence-electron chi connectivity index (χ2n) is 9.83. The van der Waals surface area contributed by atoms with Crippen molar-refractivity contribution in [3.63, 3.8) is 0 Å². The van der Waals surface area contributed by atoms with Crippen molar-refractivity contribution in [3.05, 3.63) is 57.4 Å². The zero-order valence-electron chi connectivity index (χ0n) is 23.6. The number of aryl methyl sites for hydroxylation is 2. The van der Waals surface area contributed by atoms with Crippen LogP contribution in [0.25, 0.3) is 22.3 Å². The average molecular weight is 506 g/mol. The SMILES string of the molecule is CCC.CCc1c(C)c2nc(-c3cccnc3C(C)CC)cc(NCc3nc(C)cs3)c2n1C(C)C. The fourth-order valence-electron chi connectivity index (χ4n) is 4.65. The first-order valence-electron chi connectivity index (χ1n) is 13.4. The molecule has 0 amide bonds. The quantitative estimate of drug-likeness (QED) is 0.260. The van der Waals surface area contributed by atoms with Crippen molar-refractivity contribution < 1.29 is 0 Å². The number of nitrogens with zero attached hydrogens (tertiary/aromatic N) is 4. The largest absolute Gasteiger partial charge is 0.377 e. The average Bonchev–Trinajstić information content (AvgIpc) is 3.42. The fourth-order valence-corrected chi connectivity index (χ4v) is 5.36. The number of hydrogen-bond donors (Lipinski definition) is 1. The molecule has 5 nitrogen and oxygen atoms in total. The molecule has 1 N–H and O–H groups in total. The number of hydrogen-bond acceptors (Lipinski definition) is 5. The van der Waals surface area contributed by atoms with Gasteiger partial charge < -0.3 is 9.88 Å². The summed E-state index contributed by atoms with van der Waals surface area (Å²) >= 11 is 1.70. The Labute approximate surface area is 221 Å². The summed E-state index contributed by atoms with van der Waals surface area (Å²) in [5, 5.41) is 6.92. The standard InChI is InChI=1S/C27H35N5S.C3H8/c1-8-17(5)25-20(11-10-12-28-25)21-13-22(29-14-24-30-18(6)15-33-24)27-26(31-21)19(7)23(9-2)32(27)16(3)4;1-3-2/h10-13,15-17H,8-9,14H2,1-7H3,(H,29,31);3H2,1-2H3. The highest BCUT2D eigenvalue weighted by atomic mass is 32.1. The van der Waals surface area contributed by atoms with E-state index in [4.69, 9.17) is 9.97 Å². The van der Waals surface area contributed by atoms with Gasteiger partial charge in [-0.15, -0.1) is 11.3 Å². The molecule has 4 aromatic rings. The van der Waals surface area contributed by atoms with E-state index < -0.39 is 0 Å². The third kappa shape index (κ3) is 5.80. The van der Waals surface area contributed by atoms with Crippen molar-refractivity contribution in [2.75, 3.05) is 5.32 Å². The molecule has 4 heterocycles. The van der Waals surface area contributed by atoms with Gasteiger partial charge in [-0.1, -0.05) is 41.0 Å². The van der Waals surface area contributed by atoms with E-state index in [2.05, 4.69) is 87.8 Å². The Morgan fingerprint density at radius 1 is 1.06 bits per heavy atom. The van der Waals surface area contributed by atoms with E-state index in [-0.39, 0.29) is 0 Å². The molecule has 0 aliphatic carbocycles. The van der Waals surface area contributed by atoms with Gasteiger partial charge in [0.05, 0.1) is 34.7 Å². The summed E-state index contributed by atoms with van der Waals surface area (Å²) in [6.45, 7) is 20.4. The molecule has 0 aromatic carbocycles. The molecule has 1 atom stereocenters. The van der Waals surface area contributed by atoms with Crippen molar-refractivity contribution in [2.24, 2.45) is 0 Å². The molecule has 0 aliphatic heterocycles. The van der Waals surface area contributed by atoms with Crippen LogP contribution in [0.15, 0.2) is 29.8 Å². The lowest BCUT2D eigenvalue weighted by Gasteiger charge is -2.18. The zero-order valence-corrected chi connectivity index (χ0v) is 24.4. The molecule has 36 heavy (non-hydrogen) atoms. The number of fused-ring (bicyclic) bond motifs is 1. The van der Waals surface area contributed by atoms with E-state index >= 15 is 0 Å². The van der Waals surface area contributed by atoms with Gasteiger partial charge in [-0.05, 0) is 70.2 Å². The van der Waals surface area contributed by atoms with Gasteiger partial charge in [-0.25, -0.2) is 9.97 Å². The Kier molecular flexibility index (Phi) is 9.66. The van der Waals surface area contributed by atoms with E-state index in [1.807, 2.05) is 19.2 Å². The van der Waals surface area contributed by atoms with Crippen LogP contribution >= 0.6 is 11.3 Å². The predicted octanol–water partition coefficient (Wildman–Crippen LogP) is 8.86. The molecular weight excluding hydrogens is 462 g/mol. The van der Waals surface area contributed by atoms with Gasteiger partial charge in [0, 0.05) is 34.6 Å². The van der Waals surface area contributed by atoms with Gasteiger partial charge >= 0.3 is 0 Å². The molecule has 0 saturated heterocycles. The van der Waals surface area contributed by atoms with E-state index in [0.29, 0.717) is 18.5 Å². The van der Waals surface area contributed by atoms with E-state index in [1.165, 1.54) is 23.2 Å². The minimum atomic E-state index is 0.348. The number of nitrogens with one attached hydrogen (secondary N) is 1. The number of thiazole rings is 1. The van der Waals surface area contributed by atoms with Gasteiger partial charge in [0.25, 0.3) is 0 Å². The maximum absolute atomic E-state index is 5.24. The molecule has 0 spiro atoms. The van der Waals surface area contributed by atoms with Crippen LogP contribution in [0.2, 0.25) is 0 Å². The Bertz CT molecular complexity index is 1280. The highest BCUT2D eigenvalue weighted by molar-refractivity contribution is 7.09. The number of rotatable bonds is 8. The highest BCUT2D eigenvalue weighted by Gasteiger charge is 2.22. The first kappa shape index (κ1) is 27.9. The second kappa shape index (κ2) is 12.5. The maximum Gasteiger partial charge on any atom is 0.112 e. The number of anilines is 1. The van der Waals surface area contributed by atoms with Crippen LogP contribution in [0.4, 0.5) is 5.69 Å². The van der Waals surface area contributed by atoms with Gasteiger partial charge in [0.2, 0.25) is 0 Å². The van der Waals surface area contributed by atoms with Crippen LogP contribution in [0.3, 0.4) is 0 Å². The monoisotopic (exact) mass is 505 g/mol. The van der Waals surface area contributed by atoms with Gasteiger partial charge in [0.15, 0.2) is 0 Å². The molecule has 4 rings (SSSR count).